The zero-order chi connectivity index (χ0) is 34.7. The molecule has 0 saturated heterocycles. The fourth-order valence-electron chi connectivity index (χ4n) is 12.7. The summed E-state index contributed by atoms with van der Waals surface area (Å²) in [6.45, 7) is 23.3. The second kappa shape index (κ2) is 9.70. The molecule has 3 heterocycles. The Bertz CT molecular complexity index is 1910. The number of Topliss-reactive ketones (excluding diaryl/α,β-unsaturated/α-hetero) is 1. The molecule has 8 rings (SSSR count). The number of nitrogens with zero attached hydrogens (tertiary/aromatic N) is 1. The average molecular weight is 652 g/mol. The maximum absolute atomic E-state index is 14.8. The van der Waals surface area contributed by atoms with Gasteiger partial charge in [0.1, 0.15) is 6.04 Å². The molecule has 6 heteroatoms. The predicted octanol–water partition coefficient (Wildman–Crippen LogP) is 7.83. The Labute approximate surface area is 285 Å². The first-order valence-electron chi connectivity index (χ1n) is 18.2. The van der Waals surface area contributed by atoms with Crippen LogP contribution in [0.4, 0.5) is 0 Å². The summed E-state index contributed by atoms with van der Waals surface area (Å²) in [6, 6.07) is 1.80. The van der Waals surface area contributed by atoms with Gasteiger partial charge in [0.2, 0.25) is 0 Å². The minimum Gasteiger partial charge on any atom is -0.392 e. The van der Waals surface area contributed by atoms with Gasteiger partial charge < -0.3 is 19.5 Å². The molecule has 48 heavy (non-hydrogen) atoms. The lowest BCUT2D eigenvalue weighted by atomic mass is 9.40. The Morgan fingerprint density at radius 1 is 1.06 bits per heavy atom. The van der Waals surface area contributed by atoms with E-state index in [2.05, 4.69) is 71.8 Å². The summed E-state index contributed by atoms with van der Waals surface area (Å²) in [5.41, 5.74) is 6.10. The molecule has 2 N–H and O–H groups in total. The minimum absolute atomic E-state index is 0.000357. The molecule has 0 amide bonds. The molecule has 6 aliphatic rings. The van der Waals surface area contributed by atoms with Gasteiger partial charge in [0.05, 0.1) is 34.5 Å². The van der Waals surface area contributed by atoms with Crippen LogP contribution in [0.1, 0.15) is 133 Å². The summed E-state index contributed by atoms with van der Waals surface area (Å²) >= 11 is 0. The fourth-order valence-corrected chi connectivity index (χ4v) is 12.7. The number of carbonyl (C=O) groups is 2. The summed E-state index contributed by atoms with van der Waals surface area (Å²) in [7, 11) is 0. The monoisotopic (exact) mass is 651 g/mol. The van der Waals surface area contributed by atoms with Crippen LogP contribution in [-0.4, -0.2) is 43.7 Å². The first-order chi connectivity index (χ1) is 22.3. The highest BCUT2D eigenvalue weighted by Crippen LogP contribution is 2.71. The number of hydrogen-bond acceptors (Lipinski definition) is 5. The lowest BCUT2D eigenvalue weighted by Crippen LogP contribution is -2.62. The zero-order valence-corrected chi connectivity index (χ0v) is 30.3. The third kappa shape index (κ3) is 3.80. The smallest absolute Gasteiger partial charge is 0.192 e. The second-order valence-electron chi connectivity index (χ2n) is 18.2. The van der Waals surface area contributed by atoms with E-state index >= 15 is 0 Å². The lowest BCUT2D eigenvalue weighted by Gasteiger charge is -2.64. The first-order valence-corrected chi connectivity index (χ1v) is 18.2. The molecule has 9 atom stereocenters. The van der Waals surface area contributed by atoms with Crippen LogP contribution in [0.15, 0.2) is 42.0 Å². The van der Waals surface area contributed by atoms with Crippen LogP contribution in [0, 0.1) is 28.6 Å². The van der Waals surface area contributed by atoms with Gasteiger partial charge in [-0.25, -0.2) is 0 Å². The number of rotatable bonds is 3. The van der Waals surface area contributed by atoms with E-state index in [4.69, 9.17) is 4.74 Å². The standard InChI is InChI=1S/C42H53NO5/c1-21(2)33-36(47)31-30-23(17-24-20-38(4,5)48-39(6,7)32(24)35(30)46)18-26-27-19-25-11-12-28-40(8,15-13-22(3)44)29(45)14-16-41(28,9)42(25,10)37(27)43(33)34(26)31/h13,15,18,20,25,28-29,32-33,35,45-46H,1,11-12,14,16-17,19H2,2-10H3/b15-13+/t25?,28-,29-,32?,33-,35+,40-,41-,42+/m0/s1. The largest absolute Gasteiger partial charge is 0.392 e. The van der Waals surface area contributed by atoms with Gasteiger partial charge in [-0.3, -0.25) is 9.59 Å². The SMILES string of the molecule is C=C(C)[C@H]1C(=O)c2c3c(cc4c5c(n1c24)[C@@]1(C)C(CC[C@H]2[C@](C)(/C=C/C(C)=O)[C@@H](O)CC[C@@]21C)C5)CC1=CC(C)(C)OC(C)(C)C1[C@@H]3O. The number of ether oxygens (including phenoxy) is 1. The van der Waals surface area contributed by atoms with Crippen molar-refractivity contribution in [3.63, 3.8) is 0 Å². The van der Waals surface area contributed by atoms with Crippen LogP contribution in [0.5, 0.6) is 0 Å². The average Bonchev–Trinajstić information content (AvgIpc) is 3.55. The van der Waals surface area contributed by atoms with Crippen LogP contribution < -0.4 is 0 Å². The van der Waals surface area contributed by atoms with Crippen molar-refractivity contribution in [2.45, 2.75) is 136 Å². The number of aliphatic hydroxyl groups excluding tert-OH is 2. The topological polar surface area (TPSA) is 88.8 Å². The number of allylic oxidation sites excluding steroid dienone is 2. The highest BCUT2D eigenvalue weighted by atomic mass is 16.5. The Balaban J connectivity index is 1.38. The van der Waals surface area contributed by atoms with E-state index < -0.39 is 34.9 Å². The van der Waals surface area contributed by atoms with E-state index in [0.717, 1.165) is 47.9 Å². The van der Waals surface area contributed by atoms with Gasteiger partial charge in [-0.2, -0.15) is 0 Å². The fraction of sp³-hybridized carbons (Fsp3) is 0.619. The quantitative estimate of drug-likeness (QED) is 0.261. The molecule has 2 aliphatic heterocycles. The van der Waals surface area contributed by atoms with Gasteiger partial charge in [0.15, 0.2) is 11.6 Å². The van der Waals surface area contributed by atoms with E-state index in [1.165, 1.54) is 22.2 Å². The molecule has 0 spiro atoms. The van der Waals surface area contributed by atoms with Gasteiger partial charge in [0.25, 0.3) is 0 Å². The summed E-state index contributed by atoms with van der Waals surface area (Å²) < 4.78 is 8.89. The molecule has 6 nitrogen and oxygen atoms in total. The molecule has 2 fully saturated rings. The van der Waals surface area contributed by atoms with Crippen LogP contribution in [-0.2, 0) is 27.8 Å². The molecular formula is C42H53NO5. The Morgan fingerprint density at radius 2 is 1.77 bits per heavy atom. The number of aromatic nitrogens is 1. The first kappa shape index (κ1) is 32.4. The molecule has 1 aromatic heterocycles. The molecule has 0 bridgehead atoms. The Kier molecular flexibility index (Phi) is 6.55. The van der Waals surface area contributed by atoms with Crippen LogP contribution in [0.2, 0.25) is 0 Å². The Hall–Kier alpha value is -2.80. The van der Waals surface area contributed by atoms with Gasteiger partial charge in [0, 0.05) is 27.8 Å². The van der Waals surface area contributed by atoms with Gasteiger partial charge >= 0.3 is 0 Å². The van der Waals surface area contributed by atoms with E-state index in [0.29, 0.717) is 24.3 Å². The maximum Gasteiger partial charge on any atom is 0.192 e. The van der Waals surface area contributed by atoms with E-state index in [9.17, 15) is 19.8 Å². The van der Waals surface area contributed by atoms with E-state index in [1.54, 1.807) is 13.0 Å². The highest BCUT2D eigenvalue weighted by molar-refractivity contribution is 6.17. The number of hydrogen-bond donors (Lipinski definition) is 2. The molecule has 2 saturated carbocycles. The molecule has 2 aromatic rings. The third-order valence-electron chi connectivity index (χ3n) is 14.6. The van der Waals surface area contributed by atoms with Gasteiger partial charge in [-0.05, 0) is 126 Å². The van der Waals surface area contributed by atoms with Crippen LogP contribution >= 0.6 is 0 Å². The maximum atomic E-state index is 14.8. The van der Waals surface area contributed by atoms with Crippen LogP contribution in [0.25, 0.3) is 10.9 Å². The van der Waals surface area contributed by atoms with E-state index in [1.807, 2.05) is 13.0 Å². The third-order valence-corrected chi connectivity index (χ3v) is 14.6. The summed E-state index contributed by atoms with van der Waals surface area (Å²) in [4.78, 5) is 27.0. The van der Waals surface area contributed by atoms with Crippen molar-refractivity contribution >= 4 is 22.5 Å². The molecule has 4 aliphatic carbocycles. The predicted molar refractivity (Wildman–Crippen MR) is 188 cm³/mol. The summed E-state index contributed by atoms with van der Waals surface area (Å²) in [5, 5.41) is 25.0. The minimum atomic E-state index is -0.856. The van der Waals surface area contributed by atoms with Crippen molar-refractivity contribution in [1.29, 1.82) is 0 Å². The number of ketones is 2. The molecule has 2 unspecified atom stereocenters. The number of aliphatic hydroxyl groups is 2. The molecule has 1 aromatic carbocycles. The highest BCUT2D eigenvalue weighted by Gasteiger charge is 2.67. The normalized spacial score (nSPS) is 40.2. The number of benzene rings is 1. The molecule has 256 valence electrons. The second-order valence-corrected chi connectivity index (χ2v) is 18.2. The van der Waals surface area contributed by atoms with Gasteiger partial charge in [-0.1, -0.05) is 50.6 Å². The van der Waals surface area contributed by atoms with Crippen LogP contribution in [0.3, 0.4) is 0 Å². The molecular weight excluding hydrogens is 598 g/mol. The molecule has 0 radical (unpaired) electrons. The number of carbonyl (C=O) groups excluding carboxylic acids is 2. The van der Waals surface area contributed by atoms with Crippen molar-refractivity contribution in [1.82, 2.24) is 4.57 Å². The van der Waals surface area contributed by atoms with Crippen molar-refractivity contribution in [3.8, 4) is 0 Å². The summed E-state index contributed by atoms with van der Waals surface area (Å²) in [6.07, 6.45) is 9.71. The van der Waals surface area contributed by atoms with Crippen molar-refractivity contribution in [2.24, 2.45) is 28.6 Å². The summed E-state index contributed by atoms with van der Waals surface area (Å²) in [5.74, 6) is 0.372. The van der Waals surface area contributed by atoms with E-state index in [-0.39, 0.29) is 34.2 Å². The van der Waals surface area contributed by atoms with Gasteiger partial charge in [-0.15, -0.1) is 0 Å². The zero-order valence-electron chi connectivity index (χ0n) is 30.3. The van der Waals surface area contributed by atoms with Crippen molar-refractivity contribution < 1.29 is 24.5 Å². The van der Waals surface area contributed by atoms with Crippen molar-refractivity contribution in [2.75, 3.05) is 0 Å². The number of fused-ring (bicyclic) bond motifs is 10. The lowest BCUT2D eigenvalue weighted by molar-refractivity contribution is -0.156. The Morgan fingerprint density at radius 3 is 2.44 bits per heavy atom. The van der Waals surface area contributed by atoms with Crippen molar-refractivity contribution in [3.05, 3.63) is 70.0 Å².